The van der Waals surface area contributed by atoms with Gasteiger partial charge in [-0.1, -0.05) is 12.2 Å². The molecule has 13 nitrogen and oxygen atoms in total. The van der Waals surface area contributed by atoms with Crippen LogP contribution in [0.1, 0.15) is 97.7 Å². The second-order valence-corrected chi connectivity index (χ2v) is 12.9. The Balaban J connectivity index is 1.78. The molecule has 2 aromatic carbocycles. The molecule has 2 heterocycles. The number of likely N-dealkylation sites (tertiary alicyclic amines) is 1. The Morgan fingerprint density at radius 3 is 2.28 bits per heavy atom. The van der Waals surface area contributed by atoms with Gasteiger partial charge in [-0.3, -0.25) is 19.3 Å². The van der Waals surface area contributed by atoms with Gasteiger partial charge in [-0.05, 0) is 74.8 Å². The van der Waals surface area contributed by atoms with Gasteiger partial charge in [0.2, 0.25) is 17.6 Å². The Morgan fingerprint density at radius 2 is 1.66 bits per heavy atom. The quantitative estimate of drug-likeness (QED) is 0.261. The van der Waals surface area contributed by atoms with E-state index in [-0.39, 0.29) is 53.1 Å². The molecule has 2 aliphatic rings. The lowest BCUT2D eigenvalue weighted by Gasteiger charge is -2.32. The van der Waals surface area contributed by atoms with Gasteiger partial charge in [-0.15, -0.1) is 0 Å². The zero-order chi connectivity index (χ0) is 36.4. The molecule has 2 atom stereocenters. The van der Waals surface area contributed by atoms with Gasteiger partial charge in [0.1, 0.15) is 22.8 Å². The highest BCUT2D eigenvalue weighted by molar-refractivity contribution is 5.98. The van der Waals surface area contributed by atoms with E-state index >= 15 is 0 Å². The third-order valence-corrected chi connectivity index (χ3v) is 9.21. The van der Waals surface area contributed by atoms with E-state index in [2.05, 4.69) is 5.32 Å². The monoisotopic (exact) mass is 695 g/mol. The minimum absolute atomic E-state index is 0.0471. The summed E-state index contributed by atoms with van der Waals surface area (Å²) in [5, 5.41) is 26.6. The van der Waals surface area contributed by atoms with Gasteiger partial charge < -0.3 is 40.2 Å². The molecule has 2 amide bonds. The standard InChI is InChI=1S/C37H49N3O10/c1-22-9-8-12-26(41)11-7-5-6-10-23-17-28(42)34(35(45)33(23)37(46)50-22)27(24-18-29(47-2)36(49-4)30(19-24)48-3)20-32(44)39-25-13-15-40(16-14-25)21-31(38)43/h6,10,17-19,22,25,27,42,45H,5,7-9,11-16,20-21H2,1-4H3,(H2,38,43)(H,39,44)/t22-,27?/m0/s1. The average molecular weight is 696 g/mol. The summed E-state index contributed by atoms with van der Waals surface area (Å²) in [7, 11) is 4.37. The van der Waals surface area contributed by atoms with Crippen molar-refractivity contribution in [1.82, 2.24) is 10.2 Å². The van der Waals surface area contributed by atoms with E-state index in [1.807, 2.05) is 4.90 Å². The van der Waals surface area contributed by atoms with Crippen LogP contribution in [0.3, 0.4) is 0 Å². The first kappa shape index (κ1) is 38.0. The number of rotatable bonds is 10. The van der Waals surface area contributed by atoms with Crippen LogP contribution in [0.2, 0.25) is 0 Å². The SMILES string of the molecule is COc1cc(C(CC(=O)NC2CCN(CC(N)=O)CC2)c2c(O)cc3c(c2O)C(=O)O[C@@H](C)CCCC(=O)CCCC=C3)cc(OC)c1OC. The van der Waals surface area contributed by atoms with Crippen molar-refractivity contribution in [3.63, 3.8) is 0 Å². The van der Waals surface area contributed by atoms with Crippen LogP contribution in [0.25, 0.3) is 6.08 Å². The molecule has 2 aromatic rings. The predicted octanol–water partition coefficient (Wildman–Crippen LogP) is 4.19. The van der Waals surface area contributed by atoms with Crippen LogP contribution in [0.5, 0.6) is 28.7 Å². The number of piperidine rings is 1. The smallest absolute Gasteiger partial charge is 0.342 e. The number of ether oxygens (including phenoxy) is 4. The molecule has 50 heavy (non-hydrogen) atoms. The Bertz CT molecular complexity index is 1560. The summed E-state index contributed by atoms with van der Waals surface area (Å²) in [6, 6.07) is 4.47. The van der Waals surface area contributed by atoms with Crippen molar-refractivity contribution in [3.05, 3.63) is 46.5 Å². The third kappa shape index (κ3) is 9.68. The summed E-state index contributed by atoms with van der Waals surface area (Å²) < 4.78 is 22.4. The van der Waals surface area contributed by atoms with Crippen LogP contribution in [0.15, 0.2) is 24.3 Å². The Labute approximate surface area is 292 Å². The topological polar surface area (TPSA) is 187 Å². The number of nitrogens with two attached hydrogens (primary N) is 1. The first-order valence-electron chi connectivity index (χ1n) is 17.0. The van der Waals surface area contributed by atoms with Crippen molar-refractivity contribution in [3.8, 4) is 28.7 Å². The van der Waals surface area contributed by atoms with Crippen molar-refractivity contribution in [2.24, 2.45) is 5.73 Å². The van der Waals surface area contributed by atoms with Crippen LogP contribution < -0.4 is 25.3 Å². The maximum atomic E-state index is 13.7. The molecule has 272 valence electrons. The van der Waals surface area contributed by atoms with E-state index in [1.165, 1.54) is 27.4 Å². The molecule has 2 aliphatic heterocycles. The first-order valence-corrected chi connectivity index (χ1v) is 17.0. The number of allylic oxidation sites excluding steroid dienone is 1. The second-order valence-electron chi connectivity index (χ2n) is 12.9. The number of carbonyl (C=O) groups is 4. The van der Waals surface area contributed by atoms with Crippen molar-refractivity contribution >= 4 is 29.6 Å². The molecule has 0 aromatic heterocycles. The Kier molecular flexibility index (Phi) is 13.5. The summed E-state index contributed by atoms with van der Waals surface area (Å²) in [5.41, 5.74) is 5.83. The number of amides is 2. The number of nitrogens with one attached hydrogen (secondary N) is 1. The minimum Gasteiger partial charge on any atom is -0.507 e. The van der Waals surface area contributed by atoms with E-state index in [1.54, 1.807) is 31.2 Å². The molecule has 13 heteroatoms. The fourth-order valence-electron chi connectivity index (χ4n) is 6.64. The van der Waals surface area contributed by atoms with E-state index < -0.39 is 29.6 Å². The number of benzene rings is 2. The molecule has 4 rings (SSSR count). The number of esters is 1. The van der Waals surface area contributed by atoms with Crippen LogP contribution in [-0.2, 0) is 19.1 Å². The summed E-state index contributed by atoms with van der Waals surface area (Å²) in [6.07, 6.45) is 6.88. The highest BCUT2D eigenvalue weighted by atomic mass is 16.5. The fraction of sp³-hybridized carbons (Fsp3) is 0.514. The van der Waals surface area contributed by atoms with Crippen molar-refractivity contribution < 1.29 is 48.3 Å². The molecule has 5 N–H and O–H groups in total. The highest BCUT2D eigenvalue weighted by Gasteiger charge is 2.33. The first-order chi connectivity index (χ1) is 23.9. The molecule has 1 fully saturated rings. The summed E-state index contributed by atoms with van der Waals surface area (Å²) in [4.78, 5) is 53.0. The average Bonchev–Trinajstić information content (AvgIpc) is 3.07. The lowest BCUT2D eigenvalue weighted by atomic mass is 9.84. The maximum absolute atomic E-state index is 13.7. The van der Waals surface area contributed by atoms with E-state index in [0.717, 1.165) is 0 Å². The zero-order valence-electron chi connectivity index (χ0n) is 29.3. The number of methoxy groups -OCH3 is 3. The second kappa shape index (κ2) is 17.7. The summed E-state index contributed by atoms with van der Waals surface area (Å²) >= 11 is 0. The molecule has 0 bridgehead atoms. The number of phenolic OH excluding ortho intramolecular Hbond substituents is 2. The minimum atomic E-state index is -0.989. The third-order valence-electron chi connectivity index (χ3n) is 9.21. The largest absolute Gasteiger partial charge is 0.507 e. The predicted molar refractivity (Wildman–Crippen MR) is 186 cm³/mol. The molecule has 1 saturated heterocycles. The van der Waals surface area contributed by atoms with Crippen LogP contribution >= 0.6 is 0 Å². The molecule has 1 unspecified atom stereocenters. The summed E-state index contributed by atoms with van der Waals surface area (Å²) in [6.45, 7) is 3.04. The number of phenols is 2. The van der Waals surface area contributed by atoms with Gasteiger partial charge in [0, 0.05) is 49.9 Å². The van der Waals surface area contributed by atoms with Crippen molar-refractivity contribution in [2.45, 2.75) is 82.8 Å². The lowest BCUT2D eigenvalue weighted by molar-refractivity contribution is -0.123. The number of ketones is 1. The number of cyclic esters (lactones) is 1. The molecule has 0 spiro atoms. The van der Waals surface area contributed by atoms with Gasteiger partial charge in [0.05, 0.1) is 34.0 Å². The van der Waals surface area contributed by atoms with Gasteiger partial charge in [-0.25, -0.2) is 4.79 Å². The molecule has 0 radical (unpaired) electrons. The molecule has 0 saturated carbocycles. The molecule has 0 aliphatic carbocycles. The van der Waals surface area contributed by atoms with Crippen LogP contribution in [0.4, 0.5) is 0 Å². The summed E-state index contributed by atoms with van der Waals surface area (Å²) in [5.74, 6) is -2.36. The number of hydrogen-bond donors (Lipinski definition) is 4. The number of carbonyl (C=O) groups excluding carboxylic acids is 4. The van der Waals surface area contributed by atoms with E-state index in [4.69, 9.17) is 24.7 Å². The highest BCUT2D eigenvalue weighted by Crippen LogP contribution is 2.47. The number of Topliss-reactive ketones (excluding diaryl/α,β-unsaturated/α-hetero) is 1. The van der Waals surface area contributed by atoms with Gasteiger partial charge in [0.15, 0.2) is 11.5 Å². The molecular weight excluding hydrogens is 646 g/mol. The number of hydrogen-bond acceptors (Lipinski definition) is 11. The number of fused-ring (bicyclic) bond motifs is 1. The van der Waals surface area contributed by atoms with Crippen molar-refractivity contribution in [1.29, 1.82) is 0 Å². The van der Waals surface area contributed by atoms with Crippen LogP contribution in [0, 0.1) is 0 Å². The normalized spacial score (nSPS) is 18.7. The fourth-order valence-corrected chi connectivity index (χ4v) is 6.64. The maximum Gasteiger partial charge on any atom is 0.342 e. The Hall–Kier alpha value is -4.78. The van der Waals surface area contributed by atoms with Crippen molar-refractivity contribution in [2.75, 3.05) is 41.0 Å². The Morgan fingerprint density at radius 1 is 1.00 bits per heavy atom. The lowest BCUT2D eigenvalue weighted by Crippen LogP contribution is -2.46. The van der Waals surface area contributed by atoms with E-state index in [9.17, 15) is 29.4 Å². The number of aromatic hydroxyl groups is 2. The van der Waals surface area contributed by atoms with Gasteiger partial charge >= 0.3 is 5.97 Å². The number of primary amides is 1. The zero-order valence-corrected chi connectivity index (χ0v) is 29.3. The van der Waals surface area contributed by atoms with Gasteiger partial charge in [0.25, 0.3) is 0 Å². The molecular formula is C37H49N3O10. The number of nitrogens with zero attached hydrogens (tertiary/aromatic N) is 1. The van der Waals surface area contributed by atoms with E-state index in [0.29, 0.717) is 87.3 Å². The van der Waals surface area contributed by atoms with Gasteiger partial charge in [-0.2, -0.15) is 0 Å². The van der Waals surface area contributed by atoms with Crippen LogP contribution in [-0.4, -0.2) is 91.8 Å².